The molecule has 10 nitrogen and oxygen atoms in total. The molecule has 34 heavy (non-hydrogen) atoms. The lowest BCUT2D eigenvalue weighted by Gasteiger charge is -2.14. The van der Waals surface area contributed by atoms with Crippen LogP contribution in [-0.2, 0) is 0 Å². The van der Waals surface area contributed by atoms with Crippen LogP contribution in [0.15, 0.2) is 72.8 Å². The highest BCUT2D eigenvalue weighted by molar-refractivity contribution is 6.21. The molecule has 0 radical (unpaired) electrons. The number of non-ortho nitro benzene ring substituents is 1. The molecule has 0 unspecified atom stereocenters. The van der Waals surface area contributed by atoms with Gasteiger partial charge in [-0.05, 0) is 48.9 Å². The number of nitrogens with one attached hydrogen (secondary N) is 2. The Morgan fingerprint density at radius 2 is 1.59 bits per heavy atom. The van der Waals surface area contributed by atoms with Gasteiger partial charge < -0.3 is 15.4 Å². The van der Waals surface area contributed by atoms with Crippen molar-refractivity contribution in [2.45, 2.75) is 6.42 Å². The number of hydrogen-bond donors (Lipinski definition) is 2. The highest BCUT2D eigenvalue weighted by Crippen LogP contribution is 2.27. The fraction of sp³-hybridized carbons (Fsp3) is 0.125. The van der Waals surface area contributed by atoms with Gasteiger partial charge in [-0.15, -0.1) is 0 Å². The Hall–Kier alpha value is -4.73. The topological polar surface area (TPSA) is 131 Å². The molecule has 0 aromatic heterocycles. The maximum atomic E-state index is 12.5. The molecule has 10 heteroatoms. The monoisotopic (exact) mass is 460 g/mol. The van der Waals surface area contributed by atoms with Crippen LogP contribution in [0.2, 0.25) is 0 Å². The Balaban J connectivity index is 1.23. The SMILES string of the molecule is O=C(NCCCN1C(=O)c2ccc([N+](=O)[O-])cc2C1=O)Nc1ccc(Oc2ccccc2)cc1. The predicted molar refractivity (Wildman–Crippen MR) is 123 cm³/mol. The van der Waals surface area contributed by atoms with Crippen molar-refractivity contribution in [3.05, 3.63) is 94.0 Å². The van der Waals surface area contributed by atoms with E-state index in [4.69, 9.17) is 4.74 Å². The molecule has 0 fully saturated rings. The molecule has 0 bridgehead atoms. The van der Waals surface area contributed by atoms with E-state index in [0.717, 1.165) is 11.0 Å². The summed E-state index contributed by atoms with van der Waals surface area (Å²) >= 11 is 0. The van der Waals surface area contributed by atoms with Crippen molar-refractivity contribution >= 4 is 29.2 Å². The largest absolute Gasteiger partial charge is 0.457 e. The normalized spacial score (nSPS) is 12.3. The first-order chi connectivity index (χ1) is 16.4. The minimum absolute atomic E-state index is 0.0181. The number of nitrogens with zero attached hydrogens (tertiary/aromatic N) is 2. The van der Waals surface area contributed by atoms with E-state index < -0.39 is 22.8 Å². The second-order valence-electron chi connectivity index (χ2n) is 7.42. The minimum atomic E-state index is -0.618. The smallest absolute Gasteiger partial charge is 0.319 e. The third-order valence-corrected chi connectivity index (χ3v) is 5.10. The highest BCUT2D eigenvalue weighted by atomic mass is 16.6. The predicted octanol–water partition coefficient (Wildman–Crippen LogP) is 4.19. The molecule has 0 spiro atoms. The number of nitro benzene ring substituents is 1. The van der Waals surface area contributed by atoms with E-state index in [1.807, 2.05) is 30.3 Å². The zero-order chi connectivity index (χ0) is 24.1. The van der Waals surface area contributed by atoms with Crippen molar-refractivity contribution in [1.82, 2.24) is 10.2 Å². The lowest BCUT2D eigenvalue weighted by atomic mass is 10.1. The summed E-state index contributed by atoms with van der Waals surface area (Å²) in [5.41, 5.74) is 0.477. The third-order valence-electron chi connectivity index (χ3n) is 5.10. The van der Waals surface area contributed by atoms with E-state index in [9.17, 15) is 24.5 Å². The number of fused-ring (bicyclic) bond motifs is 1. The van der Waals surface area contributed by atoms with Gasteiger partial charge in [0.1, 0.15) is 11.5 Å². The molecule has 0 aliphatic carbocycles. The van der Waals surface area contributed by atoms with Gasteiger partial charge in [-0.1, -0.05) is 18.2 Å². The first kappa shape index (κ1) is 22.5. The molecule has 1 heterocycles. The molecule has 1 aliphatic rings. The summed E-state index contributed by atoms with van der Waals surface area (Å²) in [5.74, 6) is 0.254. The molecular weight excluding hydrogens is 440 g/mol. The molecule has 4 amide bonds. The van der Waals surface area contributed by atoms with E-state index in [-0.39, 0.29) is 29.9 Å². The number of para-hydroxylation sites is 1. The van der Waals surface area contributed by atoms with Crippen LogP contribution in [-0.4, -0.2) is 40.8 Å². The summed E-state index contributed by atoms with van der Waals surface area (Å²) in [5, 5.41) is 16.3. The van der Waals surface area contributed by atoms with Crippen LogP contribution in [0.5, 0.6) is 11.5 Å². The first-order valence-corrected chi connectivity index (χ1v) is 10.4. The van der Waals surface area contributed by atoms with Gasteiger partial charge in [0.25, 0.3) is 17.5 Å². The van der Waals surface area contributed by atoms with Crippen molar-refractivity contribution in [1.29, 1.82) is 0 Å². The van der Waals surface area contributed by atoms with E-state index in [2.05, 4.69) is 10.6 Å². The second kappa shape index (κ2) is 9.82. The van der Waals surface area contributed by atoms with E-state index in [1.54, 1.807) is 24.3 Å². The summed E-state index contributed by atoms with van der Waals surface area (Å²) in [6, 6.07) is 19.3. The molecule has 3 aromatic rings. The summed E-state index contributed by atoms with van der Waals surface area (Å²) in [6.45, 7) is 0.292. The van der Waals surface area contributed by atoms with Gasteiger partial charge in [-0.25, -0.2) is 4.79 Å². The van der Waals surface area contributed by atoms with Gasteiger partial charge >= 0.3 is 6.03 Å². The molecular formula is C24H20N4O6. The van der Waals surface area contributed by atoms with Crippen LogP contribution < -0.4 is 15.4 Å². The minimum Gasteiger partial charge on any atom is -0.457 e. The number of carbonyl (C=O) groups is 3. The Kier molecular flexibility index (Phi) is 6.49. The quantitative estimate of drug-likeness (QED) is 0.224. The van der Waals surface area contributed by atoms with Crippen molar-refractivity contribution in [2.24, 2.45) is 0 Å². The number of amides is 4. The number of ether oxygens (including phenoxy) is 1. The van der Waals surface area contributed by atoms with Gasteiger partial charge in [-0.3, -0.25) is 24.6 Å². The molecule has 4 rings (SSSR count). The second-order valence-corrected chi connectivity index (χ2v) is 7.42. The summed E-state index contributed by atoms with van der Waals surface area (Å²) in [4.78, 5) is 48.3. The number of urea groups is 1. The van der Waals surface area contributed by atoms with Crippen LogP contribution in [0.25, 0.3) is 0 Å². The Labute approximate surface area is 194 Å². The van der Waals surface area contributed by atoms with Crippen molar-refractivity contribution in [3.8, 4) is 11.5 Å². The number of carbonyl (C=O) groups excluding carboxylic acids is 3. The first-order valence-electron chi connectivity index (χ1n) is 10.4. The Morgan fingerprint density at radius 3 is 2.29 bits per heavy atom. The van der Waals surface area contributed by atoms with Crippen molar-refractivity contribution < 1.29 is 24.0 Å². The van der Waals surface area contributed by atoms with Gasteiger partial charge in [0.2, 0.25) is 0 Å². The van der Waals surface area contributed by atoms with Crippen LogP contribution in [0, 0.1) is 10.1 Å². The van der Waals surface area contributed by atoms with Crippen molar-refractivity contribution in [2.75, 3.05) is 18.4 Å². The molecule has 2 N–H and O–H groups in total. The highest BCUT2D eigenvalue weighted by Gasteiger charge is 2.36. The Morgan fingerprint density at radius 1 is 0.912 bits per heavy atom. The number of rotatable bonds is 8. The number of anilines is 1. The van der Waals surface area contributed by atoms with Crippen LogP contribution in [0.4, 0.5) is 16.2 Å². The standard InChI is InChI=1S/C24H20N4O6/c29-22-20-12-9-17(28(32)33)15-21(20)23(30)27(22)14-4-13-25-24(31)26-16-7-10-19(11-8-16)34-18-5-2-1-3-6-18/h1-3,5-12,15H,4,13-14H2,(H2,25,26,31). The number of imide groups is 1. The summed E-state index contributed by atoms with van der Waals surface area (Å²) in [7, 11) is 0. The molecule has 0 saturated heterocycles. The average molecular weight is 460 g/mol. The molecule has 172 valence electrons. The van der Waals surface area contributed by atoms with Crippen molar-refractivity contribution in [3.63, 3.8) is 0 Å². The lowest BCUT2D eigenvalue weighted by Crippen LogP contribution is -2.35. The number of nitro groups is 1. The fourth-order valence-corrected chi connectivity index (χ4v) is 3.44. The molecule has 0 saturated carbocycles. The molecule has 1 aliphatic heterocycles. The maximum absolute atomic E-state index is 12.5. The zero-order valence-corrected chi connectivity index (χ0v) is 17.9. The van der Waals surface area contributed by atoms with Gasteiger partial charge in [0, 0.05) is 30.9 Å². The average Bonchev–Trinajstić information content (AvgIpc) is 3.08. The van der Waals surface area contributed by atoms with Crippen LogP contribution >= 0.6 is 0 Å². The van der Waals surface area contributed by atoms with E-state index >= 15 is 0 Å². The Bertz CT molecular complexity index is 1240. The maximum Gasteiger partial charge on any atom is 0.319 e. The van der Waals surface area contributed by atoms with E-state index in [1.165, 1.54) is 12.1 Å². The number of benzene rings is 3. The molecule has 0 atom stereocenters. The molecule has 3 aromatic carbocycles. The van der Waals surface area contributed by atoms with Crippen LogP contribution in [0.3, 0.4) is 0 Å². The van der Waals surface area contributed by atoms with Gasteiger partial charge in [0.15, 0.2) is 0 Å². The number of hydrogen-bond acceptors (Lipinski definition) is 6. The third kappa shape index (κ3) is 5.01. The summed E-state index contributed by atoms with van der Waals surface area (Å²) in [6.07, 6.45) is 0.324. The summed E-state index contributed by atoms with van der Waals surface area (Å²) < 4.78 is 5.70. The van der Waals surface area contributed by atoms with Crippen LogP contribution in [0.1, 0.15) is 27.1 Å². The lowest BCUT2D eigenvalue weighted by molar-refractivity contribution is -0.384. The van der Waals surface area contributed by atoms with Gasteiger partial charge in [0.05, 0.1) is 16.1 Å². The van der Waals surface area contributed by atoms with E-state index in [0.29, 0.717) is 23.6 Å². The fourth-order valence-electron chi connectivity index (χ4n) is 3.44. The zero-order valence-electron chi connectivity index (χ0n) is 17.9. The van der Waals surface area contributed by atoms with Gasteiger partial charge in [-0.2, -0.15) is 0 Å².